The molecule has 6 heteroatoms. The van der Waals surface area contributed by atoms with E-state index >= 15 is 0 Å². The minimum atomic E-state index is 0.648. The summed E-state index contributed by atoms with van der Waals surface area (Å²) in [7, 11) is 0. The Morgan fingerprint density at radius 2 is 0.957 bits per heavy atom. The number of thiazole rings is 1. The third-order valence-electron chi connectivity index (χ3n) is 8.19. The summed E-state index contributed by atoms with van der Waals surface area (Å²) in [5, 5.41) is 3.36. The molecule has 0 bridgehead atoms. The Hall–Kier alpha value is -5.56. The van der Waals surface area contributed by atoms with Crippen molar-refractivity contribution in [3.8, 4) is 55.9 Å². The largest absolute Gasteiger partial charge is 0.236 e. The molecule has 0 amide bonds. The van der Waals surface area contributed by atoms with Crippen LogP contribution in [0.5, 0.6) is 0 Å². The standard InChI is InChI=1S/C40H24N4S2/c1-3-10-25(11-4-1)26-18-20-28(21-19-26)38-42-37(27-12-5-2-6-13-27)43-39(44-38)30-14-9-17-35-36(30)31-24-29(22-23-33(31)45-35)40-41-32-15-7-8-16-34(32)46-40/h1-24H. The van der Waals surface area contributed by atoms with Gasteiger partial charge in [-0.15, -0.1) is 22.7 Å². The molecule has 0 saturated carbocycles. The van der Waals surface area contributed by atoms with Crippen LogP contribution >= 0.6 is 22.7 Å². The van der Waals surface area contributed by atoms with E-state index in [2.05, 4.69) is 103 Å². The second-order valence-corrected chi connectivity index (χ2v) is 13.2. The van der Waals surface area contributed by atoms with Gasteiger partial charge in [-0.2, -0.15) is 0 Å². The molecule has 0 spiro atoms. The predicted molar refractivity (Wildman–Crippen MR) is 193 cm³/mol. The molecular weight excluding hydrogens is 601 g/mol. The lowest BCUT2D eigenvalue weighted by Crippen LogP contribution is -2.00. The Bertz CT molecular complexity index is 2490. The molecule has 0 aliphatic heterocycles. The zero-order chi connectivity index (χ0) is 30.5. The van der Waals surface area contributed by atoms with Crippen LogP contribution in [0.15, 0.2) is 146 Å². The second kappa shape index (κ2) is 11.1. The Balaban J connectivity index is 1.22. The van der Waals surface area contributed by atoms with Crippen molar-refractivity contribution in [2.24, 2.45) is 0 Å². The topological polar surface area (TPSA) is 51.6 Å². The molecule has 0 N–H and O–H groups in total. The van der Waals surface area contributed by atoms with Gasteiger partial charge < -0.3 is 0 Å². The maximum absolute atomic E-state index is 5.12. The van der Waals surface area contributed by atoms with Crippen LogP contribution in [-0.4, -0.2) is 19.9 Å². The van der Waals surface area contributed by atoms with E-state index in [1.165, 1.54) is 25.0 Å². The summed E-state index contributed by atoms with van der Waals surface area (Å²) in [5.74, 6) is 1.96. The van der Waals surface area contributed by atoms with E-state index < -0.39 is 0 Å². The molecule has 0 unspecified atom stereocenters. The highest BCUT2D eigenvalue weighted by Crippen LogP contribution is 2.42. The summed E-state index contributed by atoms with van der Waals surface area (Å²) in [6.07, 6.45) is 0. The highest BCUT2D eigenvalue weighted by molar-refractivity contribution is 7.26. The molecular formula is C40H24N4S2. The van der Waals surface area contributed by atoms with Gasteiger partial charge >= 0.3 is 0 Å². The van der Waals surface area contributed by atoms with Crippen molar-refractivity contribution in [2.75, 3.05) is 0 Å². The molecule has 9 aromatic rings. The van der Waals surface area contributed by atoms with Gasteiger partial charge in [-0.1, -0.05) is 115 Å². The fraction of sp³-hybridized carbons (Fsp3) is 0. The molecule has 0 fully saturated rings. The van der Waals surface area contributed by atoms with Crippen molar-refractivity contribution in [3.63, 3.8) is 0 Å². The number of aromatic nitrogens is 4. The maximum atomic E-state index is 5.12. The number of rotatable bonds is 5. The molecule has 6 aromatic carbocycles. The first kappa shape index (κ1) is 26.8. The van der Waals surface area contributed by atoms with E-state index in [9.17, 15) is 0 Å². The molecule has 0 atom stereocenters. The monoisotopic (exact) mass is 624 g/mol. The molecule has 46 heavy (non-hydrogen) atoms. The molecule has 0 saturated heterocycles. The number of hydrogen-bond donors (Lipinski definition) is 0. The van der Waals surface area contributed by atoms with Crippen LogP contribution in [0.3, 0.4) is 0 Å². The molecule has 4 nitrogen and oxygen atoms in total. The smallest absolute Gasteiger partial charge is 0.164 e. The highest BCUT2D eigenvalue weighted by atomic mass is 32.1. The van der Waals surface area contributed by atoms with Crippen molar-refractivity contribution < 1.29 is 0 Å². The van der Waals surface area contributed by atoms with Crippen molar-refractivity contribution in [3.05, 3.63) is 146 Å². The first-order chi connectivity index (χ1) is 22.8. The molecule has 0 aliphatic rings. The Kier molecular flexibility index (Phi) is 6.47. The number of thiophene rings is 1. The van der Waals surface area contributed by atoms with Gasteiger partial charge in [-0.05, 0) is 41.5 Å². The Morgan fingerprint density at radius 3 is 1.72 bits per heavy atom. The SMILES string of the molecule is c1ccc(-c2ccc(-c3nc(-c4ccccc4)nc(-c4cccc5sc6ccc(-c7nc8ccccc8s7)cc6c45)n3)cc2)cc1. The van der Waals surface area contributed by atoms with Gasteiger partial charge in [0.15, 0.2) is 17.5 Å². The summed E-state index contributed by atoms with van der Waals surface area (Å²) in [4.78, 5) is 20.1. The van der Waals surface area contributed by atoms with Crippen LogP contribution in [0.1, 0.15) is 0 Å². The highest BCUT2D eigenvalue weighted by Gasteiger charge is 2.18. The lowest BCUT2D eigenvalue weighted by molar-refractivity contribution is 1.08. The zero-order valence-electron chi connectivity index (χ0n) is 24.5. The summed E-state index contributed by atoms with van der Waals surface area (Å²) < 4.78 is 3.61. The number of benzene rings is 6. The van der Waals surface area contributed by atoms with Gasteiger partial charge in [0.2, 0.25) is 0 Å². The fourth-order valence-corrected chi connectivity index (χ4v) is 8.00. The lowest BCUT2D eigenvalue weighted by atomic mass is 10.0. The zero-order valence-corrected chi connectivity index (χ0v) is 26.1. The van der Waals surface area contributed by atoms with E-state index in [1.54, 1.807) is 22.7 Å². The third kappa shape index (κ3) is 4.76. The van der Waals surface area contributed by atoms with Crippen molar-refractivity contribution in [1.29, 1.82) is 0 Å². The van der Waals surface area contributed by atoms with Gasteiger partial charge in [0.1, 0.15) is 5.01 Å². The fourth-order valence-electron chi connectivity index (χ4n) is 5.93. The van der Waals surface area contributed by atoms with Crippen molar-refractivity contribution >= 4 is 53.1 Å². The summed E-state index contributed by atoms with van der Waals surface area (Å²) >= 11 is 3.52. The number of para-hydroxylation sites is 1. The van der Waals surface area contributed by atoms with Crippen LogP contribution in [0.25, 0.3) is 86.3 Å². The third-order valence-corrected chi connectivity index (χ3v) is 10.4. The van der Waals surface area contributed by atoms with Crippen LogP contribution in [0.4, 0.5) is 0 Å². The van der Waals surface area contributed by atoms with Crippen LogP contribution < -0.4 is 0 Å². The van der Waals surface area contributed by atoms with E-state index in [1.807, 2.05) is 42.5 Å². The number of nitrogens with zero attached hydrogens (tertiary/aromatic N) is 4. The molecule has 0 aliphatic carbocycles. The van der Waals surface area contributed by atoms with Crippen molar-refractivity contribution in [1.82, 2.24) is 19.9 Å². The van der Waals surface area contributed by atoms with E-state index in [4.69, 9.17) is 19.9 Å². The van der Waals surface area contributed by atoms with Crippen molar-refractivity contribution in [2.45, 2.75) is 0 Å². The van der Waals surface area contributed by atoms with Crippen LogP contribution in [0.2, 0.25) is 0 Å². The molecule has 3 heterocycles. The molecule has 3 aromatic heterocycles. The second-order valence-electron chi connectivity index (χ2n) is 11.1. The van der Waals surface area contributed by atoms with E-state index in [0.717, 1.165) is 43.7 Å². The molecule has 216 valence electrons. The lowest BCUT2D eigenvalue weighted by Gasteiger charge is -2.10. The van der Waals surface area contributed by atoms with Gasteiger partial charge in [-0.25, -0.2) is 19.9 Å². The minimum Gasteiger partial charge on any atom is -0.236 e. The Morgan fingerprint density at radius 1 is 0.370 bits per heavy atom. The first-order valence-electron chi connectivity index (χ1n) is 15.1. The quantitative estimate of drug-likeness (QED) is 0.191. The van der Waals surface area contributed by atoms with Gasteiger partial charge in [0, 0.05) is 42.4 Å². The summed E-state index contributed by atoms with van der Waals surface area (Å²) in [6.45, 7) is 0. The average molecular weight is 625 g/mol. The number of hydrogen-bond acceptors (Lipinski definition) is 6. The minimum absolute atomic E-state index is 0.648. The molecule has 0 radical (unpaired) electrons. The predicted octanol–water partition coefficient (Wildman–Crippen LogP) is 11.2. The first-order valence-corrected chi connectivity index (χ1v) is 16.7. The summed E-state index contributed by atoms with van der Waals surface area (Å²) in [5.41, 5.74) is 7.36. The average Bonchev–Trinajstić information content (AvgIpc) is 3.74. The van der Waals surface area contributed by atoms with E-state index in [-0.39, 0.29) is 0 Å². The van der Waals surface area contributed by atoms with Gasteiger partial charge in [0.25, 0.3) is 0 Å². The maximum Gasteiger partial charge on any atom is 0.164 e. The molecule has 9 rings (SSSR count). The van der Waals surface area contributed by atoms with E-state index in [0.29, 0.717) is 17.5 Å². The Labute approximate surface area is 273 Å². The van der Waals surface area contributed by atoms with Crippen LogP contribution in [0, 0.1) is 0 Å². The number of fused-ring (bicyclic) bond motifs is 4. The van der Waals surface area contributed by atoms with Gasteiger partial charge in [-0.3, -0.25) is 0 Å². The van der Waals surface area contributed by atoms with Gasteiger partial charge in [0.05, 0.1) is 10.2 Å². The summed E-state index contributed by atoms with van der Waals surface area (Å²) in [6, 6.07) is 50.4. The van der Waals surface area contributed by atoms with Crippen LogP contribution in [-0.2, 0) is 0 Å². The normalized spacial score (nSPS) is 11.5.